The van der Waals surface area contributed by atoms with E-state index in [0.29, 0.717) is 10.8 Å². The maximum Gasteiger partial charge on any atom is 0.135 e. The van der Waals surface area contributed by atoms with Gasteiger partial charge >= 0.3 is 0 Å². The zero-order valence-corrected chi connectivity index (χ0v) is 17.8. The van der Waals surface area contributed by atoms with Crippen LogP contribution in [0.25, 0.3) is 33.2 Å². The number of nitrogens with zero attached hydrogens (tertiary/aromatic N) is 1. The van der Waals surface area contributed by atoms with Crippen molar-refractivity contribution < 1.29 is 24.5 Å². The van der Waals surface area contributed by atoms with E-state index in [1.54, 1.807) is 0 Å². The van der Waals surface area contributed by atoms with Crippen LogP contribution >= 0.6 is 0 Å². The third-order valence-electron chi connectivity index (χ3n) is 6.80. The monoisotopic (exact) mass is 531 g/mol. The van der Waals surface area contributed by atoms with Crippen LogP contribution in [0.15, 0.2) is 53.1 Å². The first-order valence-corrected chi connectivity index (χ1v) is 9.40. The average molecular weight is 531 g/mol. The molecule has 2 aromatic carbocycles. The number of hydrogen-bond donors (Lipinski definition) is 0. The quantitative estimate of drug-likeness (QED) is 0.276. The molecule has 6 rings (SSSR count). The normalized spacial score (nSPS) is 25.7. The average Bonchev–Trinajstić information content (AvgIpc) is 3.25. The molecule has 1 fully saturated rings. The Morgan fingerprint density at radius 2 is 1.74 bits per heavy atom. The summed E-state index contributed by atoms with van der Waals surface area (Å²) in [5.41, 5.74) is 7.49. The van der Waals surface area contributed by atoms with E-state index in [0.717, 1.165) is 33.2 Å². The Labute approximate surface area is 172 Å². The molecule has 2 aromatic heterocycles. The number of rotatable bonds is 1. The third-order valence-corrected chi connectivity index (χ3v) is 6.80. The van der Waals surface area contributed by atoms with Gasteiger partial charge in [0.1, 0.15) is 11.2 Å². The van der Waals surface area contributed by atoms with Crippen LogP contribution in [-0.2, 0) is 30.9 Å². The maximum absolute atomic E-state index is 6.04. The van der Waals surface area contributed by atoms with Crippen LogP contribution < -0.4 is 0 Å². The van der Waals surface area contributed by atoms with Crippen molar-refractivity contribution in [3.8, 4) is 11.3 Å². The Morgan fingerprint density at radius 3 is 2.59 bits per heavy atom. The molecular weight excluding hydrogens is 510 g/mol. The number of para-hydroxylation sites is 1. The Bertz CT molecular complexity index is 1210. The van der Waals surface area contributed by atoms with Crippen molar-refractivity contribution in [1.29, 1.82) is 0 Å². The first-order valence-electron chi connectivity index (χ1n) is 9.40. The largest absolute Gasteiger partial charge is 0.457 e. The van der Waals surface area contributed by atoms with E-state index < -0.39 is 0 Å². The molecule has 27 heavy (non-hydrogen) atoms. The van der Waals surface area contributed by atoms with Crippen molar-refractivity contribution in [2.24, 2.45) is 0 Å². The van der Waals surface area contributed by atoms with E-state index in [4.69, 9.17) is 9.40 Å². The Hall–Kier alpha value is -1.96. The molecule has 0 N–H and O–H groups in total. The number of benzene rings is 2. The minimum absolute atomic E-state index is 0. The molecule has 137 valence electrons. The minimum atomic E-state index is 0. The van der Waals surface area contributed by atoms with E-state index in [-0.39, 0.29) is 20.1 Å². The predicted octanol–water partition coefficient (Wildman–Crippen LogP) is 6.16. The van der Waals surface area contributed by atoms with Crippen molar-refractivity contribution in [3.63, 3.8) is 0 Å². The Balaban J connectivity index is 0.00000160. The number of hydrogen-bond acceptors (Lipinski definition) is 2. The zero-order valence-electron chi connectivity index (χ0n) is 15.4. The Kier molecular flexibility index (Phi) is 3.51. The van der Waals surface area contributed by atoms with Crippen LogP contribution in [-0.4, -0.2) is 4.98 Å². The smallest absolute Gasteiger partial charge is 0.135 e. The van der Waals surface area contributed by atoms with Gasteiger partial charge in [0, 0.05) is 37.1 Å². The topological polar surface area (TPSA) is 26.0 Å². The van der Waals surface area contributed by atoms with Gasteiger partial charge in [-0.25, -0.2) is 0 Å². The van der Waals surface area contributed by atoms with Crippen LogP contribution in [0.4, 0.5) is 0 Å². The second-order valence-electron chi connectivity index (χ2n) is 8.64. The van der Waals surface area contributed by atoms with Gasteiger partial charge in [0.15, 0.2) is 0 Å². The fourth-order valence-corrected chi connectivity index (χ4v) is 5.46. The van der Waals surface area contributed by atoms with E-state index >= 15 is 0 Å². The fraction of sp³-hybridized carbons (Fsp3) is 0.292. The molecule has 0 amide bonds. The van der Waals surface area contributed by atoms with E-state index in [9.17, 15) is 0 Å². The molecule has 0 aliphatic heterocycles. The van der Waals surface area contributed by atoms with Gasteiger partial charge in [0.2, 0.25) is 0 Å². The molecule has 2 bridgehead atoms. The van der Waals surface area contributed by atoms with Gasteiger partial charge in [-0.3, -0.25) is 0 Å². The molecule has 4 aromatic rings. The third kappa shape index (κ3) is 2.25. The molecule has 2 heterocycles. The molecule has 2 nitrogen and oxygen atoms in total. The predicted molar refractivity (Wildman–Crippen MR) is 104 cm³/mol. The van der Waals surface area contributed by atoms with Crippen molar-refractivity contribution in [2.45, 2.75) is 43.9 Å². The number of furan rings is 1. The Morgan fingerprint density at radius 1 is 0.963 bits per heavy atom. The molecule has 3 heteroatoms. The maximum atomic E-state index is 6.04. The molecule has 1 saturated carbocycles. The zero-order chi connectivity index (χ0) is 17.5. The van der Waals surface area contributed by atoms with Crippen LogP contribution in [0.2, 0.25) is 0 Å². The van der Waals surface area contributed by atoms with Crippen molar-refractivity contribution in [3.05, 3.63) is 65.9 Å². The summed E-state index contributed by atoms with van der Waals surface area (Å²) < 4.78 is 6.04. The molecule has 1 radical (unpaired) electrons. The number of fused-ring (bicyclic) bond motifs is 8. The molecule has 0 spiro atoms. The molecule has 2 unspecified atom stereocenters. The summed E-state index contributed by atoms with van der Waals surface area (Å²) in [6, 6.07) is 18.3. The van der Waals surface area contributed by atoms with Gasteiger partial charge in [-0.1, -0.05) is 38.5 Å². The number of aromatic nitrogens is 1. The summed E-state index contributed by atoms with van der Waals surface area (Å²) in [6.07, 6.45) is 5.79. The van der Waals surface area contributed by atoms with Gasteiger partial charge in [0.25, 0.3) is 0 Å². The van der Waals surface area contributed by atoms with Crippen LogP contribution in [0.5, 0.6) is 0 Å². The summed E-state index contributed by atoms with van der Waals surface area (Å²) in [7, 11) is 0. The standard InChI is InChI=1S/C24H20NO.Ir/c1-23-9-10-24(2,14-23)19-11-15(7-8-18(19)23)20-12-22-17(13-25-20)16-5-3-4-6-21(16)26-22;/h3-6,8,11-13H,9-10,14H2,1-2H3;/q-1;. The van der Waals surface area contributed by atoms with Crippen LogP contribution in [0, 0.1) is 6.07 Å². The SMILES string of the molecule is CC12CCC(C)(C1)c1cc(-c3cc4oc5ccccc5c4cn3)[c-]cc12.[Ir]. The van der Waals surface area contributed by atoms with E-state index in [1.807, 2.05) is 24.4 Å². The molecule has 0 saturated heterocycles. The van der Waals surface area contributed by atoms with Crippen LogP contribution in [0.3, 0.4) is 0 Å². The fourth-order valence-electron chi connectivity index (χ4n) is 5.46. The van der Waals surface area contributed by atoms with E-state index in [1.165, 1.54) is 30.4 Å². The summed E-state index contributed by atoms with van der Waals surface area (Å²) in [5, 5.41) is 2.20. The molecule has 2 aliphatic carbocycles. The van der Waals surface area contributed by atoms with Crippen LogP contribution in [0.1, 0.15) is 44.2 Å². The van der Waals surface area contributed by atoms with Gasteiger partial charge in [-0.2, -0.15) is 0 Å². The van der Waals surface area contributed by atoms with Crippen molar-refractivity contribution in [1.82, 2.24) is 4.98 Å². The van der Waals surface area contributed by atoms with Crippen molar-refractivity contribution in [2.75, 3.05) is 0 Å². The van der Waals surface area contributed by atoms with Gasteiger partial charge < -0.3 is 9.40 Å². The summed E-state index contributed by atoms with van der Waals surface area (Å²) in [6.45, 7) is 4.83. The molecule has 2 atom stereocenters. The second-order valence-corrected chi connectivity index (χ2v) is 8.64. The first-order chi connectivity index (χ1) is 12.6. The van der Waals surface area contributed by atoms with E-state index in [2.05, 4.69) is 44.2 Å². The number of pyridine rings is 1. The van der Waals surface area contributed by atoms with Gasteiger partial charge in [-0.15, -0.1) is 34.9 Å². The minimum Gasteiger partial charge on any atom is -0.457 e. The van der Waals surface area contributed by atoms with Gasteiger partial charge in [0.05, 0.1) is 0 Å². The summed E-state index contributed by atoms with van der Waals surface area (Å²) >= 11 is 0. The second kappa shape index (κ2) is 5.53. The summed E-state index contributed by atoms with van der Waals surface area (Å²) in [4.78, 5) is 4.74. The molecule has 2 aliphatic rings. The van der Waals surface area contributed by atoms with Crippen molar-refractivity contribution >= 4 is 21.9 Å². The summed E-state index contributed by atoms with van der Waals surface area (Å²) in [5.74, 6) is 0. The van der Waals surface area contributed by atoms with Gasteiger partial charge in [-0.05, 0) is 41.5 Å². The first kappa shape index (κ1) is 17.2. The molecular formula is C24H20IrNO-.